The number of amides is 1. The summed E-state index contributed by atoms with van der Waals surface area (Å²) in [5, 5.41) is 7.59. The summed E-state index contributed by atoms with van der Waals surface area (Å²) in [5.74, 6) is 0.182. The molecule has 8 heteroatoms. The second-order valence-electron chi connectivity index (χ2n) is 5.11. The van der Waals surface area contributed by atoms with Crippen molar-refractivity contribution in [3.05, 3.63) is 41.2 Å². The van der Waals surface area contributed by atoms with Crippen LogP contribution in [0.1, 0.15) is 26.4 Å². The fraction of sp³-hybridized carbons (Fsp3) is 0.333. The van der Waals surface area contributed by atoms with Crippen LogP contribution in [0.4, 0.5) is 0 Å². The summed E-state index contributed by atoms with van der Waals surface area (Å²) in [6.07, 6.45) is 1.50. The van der Waals surface area contributed by atoms with Gasteiger partial charge in [-0.25, -0.2) is 9.48 Å². The summed E-state index contributed by atoms with van der Waals surface area (Å²) in [4.78, 5) is 25.4. The topological polar surface area (TPSA) is 86.5 Å². The van der Waals surface area contributed by atoms with E-state index in [4.69, 9.17) is 4.74 Å². The minimum atomic E-state index is -0.534. The van der Waals surface area contributed by atoms with Crippen LogP contribution >= 0.6 is 0 Å². The van der Waals surface area contributed by atoms with E-state index in [0.29, 0.717) is 25.2 Å². The molecule has 2 aromatic rings. The number of carbonyl (C=O) groups is 2. The van der Waals surface area contributed by atoms with E-state index < -0.39 is 5.97 Å². The molecule has 0 N–H and O–H groups in total. The van der Waals surface area contributed by atoms with E-state index in [-0.39, 0.29) is 11.6 Å². The summed E-state index contributed by atoms with van der Waals surface area (Å²) >= 11 is 0. The molecule has 1 aromatic heterocycles. The summed E-state index contributed by atoms with van der Waals surface area (Å²) in [6.45, 7) is 1.45. The first-order valence-corrected chi connectivity index (χ1v) is 7.07. The van der Waals surface area contributed by atoms with Crippen molar-refractivity contribution >= 4 is 11.9 Å². The second kappa shape index (κ2) is 6.07. The summed E-state index contributed by atoms with van der Waals surface area (Å²) in [6, 6.07) is 5.43. The quantitative estimate of drug-likeness (QED) is 0.756. The minimum absolute atomic E-state index is 0.0176. The smallest absolute Gasteiger partial charge is 0.360 e. The number of hydrogen-bond acceptors (Lipinski definition) is 6. The van der Waals surface area contributed by atoms with Gasteiger partial charge in [-0.3, -0.25) is 4.79 Å². The molecule has 0 saturated heterocycles. The average molecular weight is 316 g/mol. The number of hydrogen-bond donors (Lipinski definition) is 0. The molecular formula is C15H16N4O4. The number of aromatic nitrogens is 3. The Morgan fingerprint density at radius 2 is 2.13 bits per heavy atom. The minimum Gasteiger partial charge on any atom is -0.497 e. The Balaban J connectivity index is 1.65. The normalized spacial score (nSPS) is 13.1. The van der Waals surface area contributed by atoms with E-state index in [2.05, 4.69) is 15.0 Å². The van der Waals surface area contributed by atoms with Gasteiger partial charge in [-0.05, 0) is 23.8 Å². The molecule has 0 saturated carbocycles. The molecule has 2 heterocycles. The predicted molar refractivity (Wildman–Crippen MR) is 79.1 cm³/mol. The Bertz CT molecular complexity index is 756. The fourth-order valence-corrected chi connectivity index (χ4v) is 2.49. The molecule has 1 aromatic carbocycles. The first-order chi connectivity index (χ1) is 11.1. The maximum Gasteiger partial charge on any atom is 0.360 e. The third-order valence-corrected chi connectivity index (χ3v) is 3.72. The van der Waals surface area contributed by atoms with Crippen LogP contribution in [0.15, 0.2) is 24.4 Å². The first-order valence-electron chi connectivity index (χ1n) is 7.07. The van der Waals surface area contributed by atoms with E-state index >= 15 is 0 Å². The van der Waals surface area contributed by atoms with Crippen LogP contribution in [-0.2, 0) is 17.8 Å². The van der Waals surface area contributed by atoms with Crippen LogP contribution < -0.4 is 4.74 Å². The molecule has 0 aliphatic carbocycles. The van der Waals surface area contributed by atoms with Crippen molar-refractivity contribution in [1.82, 2.24) is 19.9 Å². The zero-order valence-electron chi connectivity index (χ0n) is 12.9. The lowest BCUT2D eigenvalue weighted by Gasteiger charge is -2.14. The lowest BCUT2D eigenvalue weighted by atomic mass is 10.1. The van der Waals surface area contributed by atoms with Gasteiger partial charge in [0.1, 0.15) is 5.75 Å². The summed E-state index contributed by atoms with van der Waals surface area (Å²) in [7, 11) is 2.88. The number of nitrogens with zero attached hydrogens (tertiary/aromatic N) is 4. The van der Waals surface area contributed by atoms with Gasteiger partial charge in [0.15, 0.2) is 5.69 Å². The van der Waals surface area contributed by atoms with Crippen LogP contribution in [0.25, 0.3) is 0 Å². The van der Waals surface area contributed by atoms with Crippen molar-refractivity contribution in [3.8, 4) is 5.75 Å². The van der Waals surface area contributed by atoms with Crippen molar-refractivity contribution in [2.45, 2.75) is 13.1 Å². The van der Waals surface area contributed by atoms with Crippen molar-refractivity contribution in [2.75, 3.05) is 20.8 Å². The van der Waals surface area contributed by atoms with Gasteiger partial charge >= 0.3 is 5.97 Å². The average Bonchev–Trinajstić information content (AvgIpc) is 3.17. The van der Waals surface area contributed by atoms with Crippen molar-refractivity contribution in [1.29, 1.82) is 0 Å². The Hall–Kier alpha value is -2.90. The molecule has 0 bridgehead atoms. The van der Waals surface area contributed by atoms with Gasteiger partial charge in [-0.2, -0.15) is 0 Å². The van der Waals surface area contributed by atoms with E-state index in [1.165, 1.54) is 18.0 Å². The molecule has 0 atom stereocenters. The highest BCUT2D eigenvalue weighted by molar-refractivity contribution is 5.98. The largest absolute Gasteiger partial charge is 0.497 e. The summed E-state index contributed by atoms with van der Waals surface area (Å²) in [5.41, 5.74) is 1.79. The third-order valence-electron chi connectivity index (χ3n) is 3.72. The van der Waals surface area contributed by atoms with Crippen LogP contribution in [0.2, 0.25) is 0 Å². The lowest BCUT2D eigenvalue weighted by molar-refractivity contribution is 0.0593. The molecule has 1 amide bonds. The predicted octanol–water partition coefficient (Wildman–Crippen LogP) is 0.729. The molecule has 23 heavy (non-hydrogen) atoms. The third kappa shape index (κ3) is 2.87. The highest BCUT2D eigenvalue weighted by Crippen LogP contribution is 2.26. The Kier molecular flexibility index (Phi) is 3.96. The molecule has 120 valence electrons. The molecule has 3 rings (SSSR count). The fourth-order valence-electron chi connectivity index (χ4n) is 2.49. The van der Waals surface area contributed by atoms with Gasteiger partial charge in [0.2, 0.25) is 0 Å². The number of esters is 1. The van der Waals surface area contributed by atoms with E-state index in [9.17, 15) is 9.59 Å². The number of ether oxygens (including phenoxy) is 2. The van der Waals surface area contributed by atoms with Gasteiger partial charge in [0.25, 0.3) is 5.91 Å². The molecule has 0 spiro atoms. The molecule has 0 radical (unpaired) electrons. The zero-order chi connectivity index (χ0) is 16.4. The maximum atomic E-state index is 12.3. The van der Waals surface area contributed by atoms with Crippen molar-refractivity contribution in [2.24, 2.45) is 0 Å². The van der Waals surface area contributed by atoms with Gasteiger partial charge in [0, 0.05) is 18.7 Å². The molecular weight excluding hydrogens is 300 g/mol. The van der Waals surface area contributed by atoms with E-state index in [1.54, 1.807) is 24.1 Å². The van der Waals surface area contributed by atoms with Crippen LogP contribution in [0, 0.1) is 0 Å². The molecule has 0 unspecified atom stereocenters. The van der Waals surface area contributed by atoms with E-state index in [1.807, 2.05) is 6.07 Å². The van der Waals surface area contributed by atoms with Gasteiger partial charge in [-0.1, -0.05) is 5.21 Å². The highest BCUT2D eigenvalue weighted by Gasteiger charge is 2.27. The number of fused-ring (bicyclic) bond motifs is 1. The molecule has 0 fully saturated rings. The SMILES string of the molecule is COC(=O)c1cn(CCN2Cc3cc(OC)ccc3C2=O)nn1. The lowest BCUT2D eigenvalue weighted by Crippen LogP contribution is -2.28. The Morgan fingerprint density at radius 1 is 1.30 bits per heavy atom. The highest BCUT2D eigenvalue weighted by atomic mass is 16.5. The van der Waals surface area contributed by atoms with Crippen LogP contribution in [-0.4, -0.2) is 52.5 Å². The number of methoxy groups -OCH3 is 2. The maximum absolute atomic E-state index is 12.3. The number of carbonyl (C=O) groups excluding carboxylic acids is 2. The van der Waals surface area contributed by atoms with Gasteiger partial charge in [-0.15, -0.1) is 5.10 Å². The first kappa shape index (κ1) is 15.0. The standard InChI is InChI=1S/C15H16N4O4/c1-22-11-3-4-12-10(7-11)8-18(14(12)20)5-6-19-9-13(16-17-19)15(21)23-2/h3-4,7,9H,5-6,8H2,1-2H3. The molecule has 8 nitrogen and oxygen atoms in total. The molecule has 1 aliphatic rings. The van der Waals surface area contributed by atoms with Crippen molar-refractivity contribution < 1.29 is 19.1 Å². The monoisotopic (exact) mass is 316 g/mol. The Labute approximate surface area is 132 Å². The number of benzene rings is 1. The van der Waals surface area contributed by atoms with Crippen LogP contribution in [0.5, 0.6) is 5.75 Å². The van der Waals surface area contributed by atoms with Gasteiger partial charge < -0.3 is 14.4 Å². The molecule has 1 aliphatic heterocycles. The van der Waals surface area contributed by atoms with Gasteiger partial charge in [0.05, 0.1) is 27.0 Å². The summed E-state index contributed by atoms with van der Waals surface area (Å²) < 4.78 is 11.3. The second-order valence-corrected chi connectivity index (χ2v) is 5.11. The van der Waals surface area contributed by atoms with Crippen molar-refractivity contribution in [3.63, 3.8) is 0 Å². The zero-order valence-corrected chi connectivity index (χ0v) is 12.9. The van der Waals surface area contributed by atoms with E-state index in [0.717, 1.165) is 11.3 Å². The number of rotatable bonds is 5. The Morgan fingerprint density at radius 3 is 2.87 bits per heavy atom. The van der Waals surface area contributed by atoms with Crippen LogP contribution in [0.3, 0.4) is 0 Å².